The van der Waals surface area contributed by atoms with Crippen molar-refractivity contribution in [1.82, 2.24) is 15.3 Å². The van der Waals surface area contributed by atoms with Gasteiger partial charge in [0.05, 0.1) is 42.1 Å². The van der Waals surface area contributed by atoms with Crippen LogP contribution in [-0.2, 0) is 0 Å². The number of hydrogen-bond acceptors (Lipinski definition) is 3. The van der Waals surface area contributed by atoms with Crippen molar-refractivity contribution < 1.29 is 9.69 Å². The zero-order valence-corrected chi connectivity index (χ0v) is 15.4. The summed E-state index contributed by atoms with van der Waals surface area (Å²) in [5, 5.41) is 3.97. The number of para-hydroxylation sites is 1. The molecule has 0 aliphatic carbocycles. The summed E-state index contributed by atoms with van der Waals surface area (Å²) in [6.07, 6.45) is 5.42. The number of benzene rings is 1. The Bertz CT molecular complexity index is 920. The molecule has 5 nitrogen and oxygen atoms in total. The summed E-state index contributed by atoms with van der Waals surface area (Å²) >= 11 is 0. The van der Waals surface area contributed by atoms with E-state index in [9.17, 15) is 4.79 Å². The number of rotatable bonds is 6. The van der Waals surface area contributed by atoms with Gasteiger partial charge >= 0.3 is 0 Å². The van der Waals surface area contributed by atoms with Crippen LogP contribution in [0.1, 0.15) is 29.6 Å². The number of hydrogen-bond donors (Lipinski definition) is 2. The Kier molecular flexibility index (Phi) is 5.39. The van der Waals surface area contributed by atoms with E-state index in [0.717, 1.165) is 35.3 Å². The van der Waals surface area contributed by atoms with Gasteiger partial charge in [-0.15, -0.1) is 0 Å². The molecule has 0 radical (unpaired) electrons. The molecular formula is C22H25N4O+. The fourth-order valence-electron chi connectivity index (χ4n) is 3.77. The van der Waals surface area contributed by atoms with E-state index in [1.165, 1.54) is 25.9 Å². The predicted molar refractivity (Wildman–Crippen MR) is 107 cm³/mol. The lowest BCUT2D eigenvalue weighted by Gasteiger charge is -2.13. The molecule has 5 heteroatoms. The summed E-state index contributed by atoms with van der Waals surface area (Å²) in [4.78, 5) is 23.6. The van der Waals surface area contributed by atoms with Crippen molar-refractivity contribution >= 4 is 16.8 Å². The van der Waals surface area contributed by atoms with E-state index in [0.29, 0.717) is 12.1 Å². The fraction of sp³-hybridized carbons (Fsp3) is 0.318. The normalized spacial score (nSPS) is 14.5. The molecule has 0 bridgehead atoms. The standard InChI is InChI=1S/C22H24N4O/c27-22(24-12-7-15-26-13-5-6-14-26)18-16-21(20-10-3-4-11-23-20)25-19-9-2-1-8-17(18)19/h1-4,8-11,16H,5-7,12-15H2,(H,24,27)/p+1. The van der Waals surface area contributed by atoms with Gasteiger partial charge in [0, 0.05) is 37.4 Å². The van der Waals surface area contributed by atoms with Gasteiger partial charge in [-0.05, 0) is 24.3 Å². The highest BCUT2D eigenvalue weighted by Crippen LogP contribution is 2.23. The molecular weight excluding hydrogens is 336 g/mol. The van der Waals surface area contributed by atoms with Crippen LogP contribution in [0.5, 0.6) is 0 Å². The van der Waals surface area contributed by atoms with Crippen molar-refractivity contribution in [2.24, 2.45) is 0 Å². The summed E-state index contributed by atoms with van der Waals surface area (Å²) in [5.41, 5.74) is 2.97. The largest absolute Gasteiger partial charge is 0.352 e. The van der Waals surface area contributed by atoms with Gasteiger partial charge in [-0.2, -0.15) is 0 Å². The minimum absolute atomic E-state index is 0.0396. The van der Waals surface area contributed by atoms with Crippen molar-refractivity contribution in [3.63, 3.8) is 0 Å². The average Bonchev–Trinajstić information content (AvgIpc) is 3.24. The van der Waals surface area contributed by atoms with Gasteiger partial charge in [0.2, 0.25) is 0 Å². The van der Waals surface area contributed by atoms with Crippen LogP contribution >= 0.6 is 0 Å². The van der Waals surface area contributed by atoms with Crippen LogP contribution in [0.25, 0.3) is 22.3 Å². The molecule has 0 saturated carbocycles. The quantitative estimate of drug-likeness (QED) is 0.661. The molecule has 0 unspecified atom stereocenters. The maximum atomic E-state index is 12.9. The van der Waals surface area contributed by atoms with E-state index in [4.69, 9.17) is 4.98 Å². The van der Waals surface area contributed by atoms with E-state index >= 15 is 0 Å². The van der Waals surface area contributed by atoms with Gasteiger partial charge in [-0.25, -0.2) is 4.98 Å². The van der Waals surface area contributed by atoms with E-state index in [1.54, 1.807) is 11.1 Å². The van der Waals surface area contributed by atoms with Crippen molar-refractivity contribution in [2.75, 3.05) is 26.2 Å². The summed E-state index contributed by atoms with van der Waals surface area (Å²) in [6.45, 7) is 4.39. The Morgan fingerprint density at radius 3 is 2.67 bits per heavy atom. The van der Waals surface area contributed by atoms with Crippen LogP contribution in [-0.4, -0.2) is 42.1 Å². The SMILES string of the molecule is O=C(NCCC[NH+]1CCCC1)c1cc(-c2ccccn2)nc2ccccc12. The number of fused-ring (bicyclic) bond motifs is 1. The number of aromatic nitrogens is 2. The lowest BCUT2D eigenvalue weighted by atomic mass is 10.1. The number of quaternary nitrogens is 1. The van der Waals surface area contributed by atoms with Gasteiger partial charge in [-0.1, -0.05) is 24.3 Å². The predicted octanol–water partition coefficient (Wildman–Crippen LogP) is 2.10. The van der Waals surface area contributed by atoms with Gasteiger partial charge < -0.3 is 10.2 Å². The minimum Gasteiger partial charge on any atom is -0.352 e. The number of nitrogens with zero attached hydrogens (tertiary/aromatic N) is 2. The Morgan fingerprint density at radius 1 is 1.04 bits per heavy atom. The smallest absolute Gasteiger partial charge is 0.252 e. The molecule has 1 aromatic carbocycles. The van der Waals surface area contributed by atoms with Crippen molar-refractivity contribution in [2.45, 2.75) is 19.3 Å². The van der Waals surface area contributed by atoms with Crippen molar-refractivity contribution in [1.29, 1.82) is 0 Å². The highest BCUT2D eigenvalue weighted by atomic mass is 16.1. The Balaban J connectivity index is 1.53. The molecule has 2 aromatic heterocycles. The summed E-state index contributed by atoms with van der Waals surface area (Å²) in [6, 6.07) is 15.3. The first-order valence-electron chi connectivity index (χ1n) is 9.74. The fourth-order valence-corrected chi connectivity index (χ4v) is 3.77. The van der Waals surface area contributed by atoms with Gasteiger partial charge in [0.25, 0.3) is 5.91 Å². The molecule has 2 N–H and O–H groups in total. The Morgan fingerprint density at radius 2 is 1.85 bits per heavy atom. The third-order valence-electron chi connectivity index (χ3n) is 5.19. The molecule has 0 atom stereocenters. The number of carbonyl (C=O) groups excluding carboxylic acids is 1. The average molecular weight is 361 g/mol. The molecule has 4 rings (SSSR count). The van der Waals surface area contributed by atoms with Gasteiger partial charge in [0.1, 0.15) is 0 Å². The van der Waals surface area contributed by atoms with Crippen LogP contribution < -0.4 is 10.2 Å². The van der Waals surface area contributed by atoms with E-state index < -0.39 is 0 Å². The molecule has 0 spiro atoms. The van der Waals surface area contributed by atoms with Gasteiger partial charge in [0.15, 0.2) is 0 Å². The molecule has 27 heavy (non-hydrogen) atoms. The van der Waals surface area contributed by atoms with Crippen LogP contribution in [0, 0.1) is 0 Å². The lowest BCUT2D eigenvalue weighted by Crippen LogP contribution is -3.10. The molecule has 1 saturated heterocycles. The number of amides is 1. The third-order valence-corrected chi connectivity index (χ3v) is 5.19. The lowest BCUT2D eigenvalue weighted by molar-refractivity contribution is -0.887. The first kappa shape index (κ1) is 17.6. The minimum atomic E-state index is -0.0396. The maximum Gasteiger partial charge on any atom is 0.252 e. The Hall–Kier alpha value is -2.79. The first-order chi connectivity index (χ1) is 13.3. The molecule has 3 aromatic rings. The first-order valence-corrected chi connectivity index (χ1v) is 9.74. The highest BCUT2D eigenvalue weighted by Gasteiger charge is 2.16. The highest BCUT2D eigenvalue weighted by molar-refractivity contribution is 6.07. The number of likely N-dealkylation sites (tertiary alicyclic amines) is 1. The maximum absolute atomic E-state index is 12.9. The number of pyridine rings is 2. The Labute approximate surface area is 159 Å². The number of nitrogens with one attached hydrogen (secondary N) is 2. The topological polar surface area (TPSA) is 59.3 Å². The van der Waals surface area contributed by atoms with Crippen LogP contribution in [0.4, 0.5) is 0 Å². The second kappa shape index (κ2) is 8.27. The molecule has 1 fully saturated rings. The second-order valence-corrected chi connectivity index (χ2v) is 7.10. The van der Waals surface area contributed by atoms with Crippen LogP contribution in [0.2, 0.25) is 0 Å². The van der Waals surface area contributed by atoms with E-state index in [2.05, 4.69) is 10.3 Å². The van der Waals surface area contributed by atoms with Crippen LogP contribution in [0.3, 0.4) is 0 Å². The van der Waals surface area contributed by atoms with E-state index in [1.807, 2.05) is 48.5 Å². The van der Waals surface area contributed by atoms with Crippen molar-refractivity contribution in [3.05, 3.63) is 60.3 Å². The van der Waals surface area contributed by atoms with Crippen LogP contribution in [0.15, 0.2) is 54.7 Å². The summed E-state index contributed by atoms with van der Waals surface area (Å²) < 4.78 is 0. The molecule has 138 valence electrons. The molecule has 1 aliphatic heterocycles. The van der Waals surface area contributed by atoms with Gasteiger partial charge in [-0.3, -0.25) is 9.78 Å². The summed E-state index contributed by atoms with van der Waals surface area (Å²) in [5.74, 6) is -0.0396. The summed E-state index contributed by atoms with van der Waals surface area (Å²) in [7, 11) is 0. The monoisotopic (exact) mass is 361 g/mol. The molecule has 1 amide bonds. The molecule has 3 heterocycles. The molecule has 1 aliphatic rings. The van der Waals surface area contributed by atoms with E-state index in [-0.39, 0.29) is 5.91 Å². The zero-order valence-electron chi connectivity index (χ0n) is 15.4. The van der Waals surface area contributed by atoms with Crippen molar-refractivity contribution in [3.8, 4) is 11.4 Å². The number of carbonyl (C=O) groups is 1. The third kappa shape index (κ3) is 4.14. The second-order valence-electron chi connectivity index (χ2n) is 7.10. The zero-order chi connectivity index (χ0) is 18.5.